The molecule has 0 amide bonds. The Morgan fingerprint density at radius 1 is 1.05 bits per heavy atom. The molecule has 21 heavy (non-hydrogen) atoms. The monoisotopic (exact) mass is 429 g/mol. The molecular formula is C15H10Cl2IN3. The minimum atomic E-state index is 0.544. The fraction of sp³-hybridized carbons (Fsp3) is 0.0667. The first-order chi connectivity index (χ1) is 10.0. The average Bonchev–Trinajstić information content (AvgIpc) is 2.88. The molecule has 3 aromatic rings. The lowest BCUT2D eigenvalue weighted by molar-refractivity contribution is 0.976. The highest BCUT2D eigenvalue weighted by Gasteiger charge is 2.07. The van der Waals surface area contributed by atoms with Gasteiger partial charge in [0.2, 0.25) is 0 Å². The van der Waals surface area contributed by atoms with Crippen molar-refractivity contribution in [1.29, 1.82) is 0 Å². The Hall–Kier alpha value is -1.11. The van der Waals surface area contributed by atoms with E-state index in [2.05, 4.69) is 32.6 Å². The SMILES string of the molecule is Cc1cc(-c2ccc(Cl)c(Cl)c2)cc(-n2cnc(I)c2)n1. The molecule has 0 bridgehead atoms. The van der Waals surface area contributed by atoms with Gasteiger partial charge in [-0.3, -0.25) is 4.57 Å². The summed E-state index contributed by atoms with van der Waals surface area (Å²) in [4.78, 5) is 8.77. The molecule has 0 N–H and O–H groups in total. The van der Waals surface area contributed by atoms with Crippen LogP contribution in [0.25, 0.3) is 16.9 Å². The van der Waals surface area contributed by atoms with Gasteiger partial charge in [-0.2, -0.15) is 0 Å². The number of hydrogen-bond acceptors (Lipinski definition) is 2. The van der Waals surface area contributed by atoms with Gasteiger partial charge < -0.3 is 0 Å². The fourth-order valence-corrected chi connectivity index (χ4v) is 2.77. The van der Waals surface area contributed by atoms with Crippen LogP contribution in [0.2, 0.25) is 10.0 Å². The maximum absolute atomic E-state index is 6.10. The van der Waals surface area contributed by atoms with E-state index in [1.54, 1.807) is 12.4 Å². The van der Waals surface area contributed by atoms with Crippen LogP contribution in [-0.2, 0) is 0 Å². The van der Waals surface area contributed by atoms with Crippen LogP contribution in [0.4, 0.5) is 0 Å². The molecule has 106 valence electrons. The number of benzene rings is 1. The summed E-state index contributed by atoms with van der Waals surface area (Å²) < 4.78 is 2.82. The molecule has 3 rings (SSSR count). The third-order valence-electron chi connectivity index (χ3n) is 3.01. The Balaban J connectivity index is 2.11. The van der Waals surface area contributed by atoms with Crippen LogP contribution < -0.4 is 0 Å². The van der Waals surface area contributed by atoms with Crippen LogP contribution in [0.1, 0.15) is 5.69 Å². The molecule has 1 aromatic carbocycles. The van der Waals surface area contributed by atoms with Crippen LogP contribution in [0.15, 0.2) is 42.9 Å². The van der Waals surface area contributed by atoms with Crippen molar-refractivity contribution in [2.75, 3.05) is 0 Å². The second-order valence-corrected chi connectivity index (χ2v) is 6.51. The van der Waals surface area contributed by atoms with E-state index >= 15 is 0 Å². The van der Waals surface area contributed by atoms with Crippen LogP contribution >= 0.6 is 45.8 Å². The summed E-state index contributed by atoms with van der Waals surface area (Å²) in [5, 5.41) is 1.10. The summed E-state index contributed by atoms with van der Waals surface area (Å²) >= 11 is 14.2. The number of imidazole rings is 1. The fourth-order valence-electron chi connectivity index (χ4n) is 2.05. The van der Waals surface area contributed by atoms with Crippen molar-refractivity contribution in [2.45, 2.75) is 6.92 Å². The maximum Gasteiger partial charge on any atom is 0.138 e. The van der Waals surface area contributed by atoms with Gasteiger partial charge in [-0.05, 0) is 64.9 Å². The standard InChI is InChI=1S/C15H10Cl2IN3/c1-9-4-11(10-2-3-12(16)13(17)5-10)6-15(20-9)21-7-14(18)19-8-21/h2-8H,1H3. The Morgan fingerprint density at radius 3 is 2.52 bits per heavy atom. The predicted molar refractivity (Wildman–Crippen MR) is 94.3 cm³/mol. The number of hydrogen-bond donors (Lipinski definition) is 0. The molecule has 0 saturated heterocycles. The molecule has 0 aliphatic rings. The van der Waals surface area contributed by atoms with E-state index in [1.807, 2.05) is 42.0 Å². The molecule has 0 saturated carbocycles. The van der Waals surface area contributed by atoms with E-state index in [-0.39, 0.29) is 0 Å². The topological polar surface area (TPSA) is 30.7 Å². The third kappa shape index (κ3) is 3.22. The molecule has 0 atom stereocenters. The van der Waals surface area contributed by atoms with Crippen molar-refractivity contribution in [3.8, 4) is 16.9 Å². The van der Waals surface area contributed by atoms with Gasteiger partial charge in [0.15, 0.2) is 0 Å². The lowest BCUT2D eigenvalue weighted by Gasteiger charge is -2.08. The number of aromatic nitrogens is 3. The summed E-state index contributed by atoms with van der Waals surface area (Å²) in [6, 6.07) is 9.63. The average molecular weight is 430 g/mol. The summed E-state index contributed by atoms with van der Waals surface area (Å²) in [7, 11) is 0. The van der Waals surface area contributed by atoms with Crippen molar-refractivity contribution >= 4 is 45.8 Å². The third-order valence-corrected chi connectivity index (χ3v) is 4.30. The molecule has 2 heterocycles. The first kappa shape index (κ1) is 14.8. The van der Waals surface area contributed by atoms with Crippen molar-refractivity contribution in [2.24, 2.45) is 0 Å². The lowest BCUT2D eigenvalue weighted by atomic mass is 10.1. The van der Waals surface area contributed by atoms with Crippen molar-refractivity contribution in [3.05, 3.63) is 62.3 Å². The molecule has 3 nitrogen and oxygen atoms in total. The van der Waals surface area contributed by atoms with Gasteiger partial charge in [-0.1, -0.05) is 29.3 Å². The molecule has 2 aromatic heterocycles. The zero-order valence-corrected chi connectivity index (χ0v) is 14.7. The largest absolute Gasteiger partial charge is 0.289 e. The second kappa shape index (κ2) is 5.94. The Bertz CT molecular complexity index is 814. The van der Waals surface area contributed by atoms with Crippen LogP contribution in [0.5, 0.6) is 0 Å². The molecule has 0 fully saturated rings. The van der Waals surface area contributed by atoms with Gasteiger partial charge in [0.1, 0.15) is 15.8 Å². The Labute approximate surface area is 146 Å². The zero-order chi connectivity index (χ0) is 15.0. The minimum absolute atomic E-state index is 0.544. The molecule has 0 unspecified atom stereocenters. The zero-order valence-electron chi connectivity index (χ0n) is 11.0. The minimum Gasteiger partial charge on any atom is -0.289 e. The van der Waals surface area contributed by atoms with E-state index in [0.29, 0.717) is 10.0 Å². The first-order valence-corrected chi connectivity index (χ1v) is 8.00. The van der Waals surface area contributed by atoms with Crippen molar-refractivity contribution < 1.29 is 0 Å². The van der Waals surface area contributed by atoms with Gasteiger partial charge in [0, 0.05) is 11.9 Å². The predicted octanol–water partition coefficient (Wildman–Crippen LogP) is 5.15. The van der Waals surface area contributed by atoms with E-state index in [4.69, 9.17) is 23.2 Å². The van der Waals surface area contributed by atoms with Crippen LogP contribution in [0, 0.1) is 10.6 Å². The second-order valence-electron chi connectivity index (χ2n) is 4.59. The normalized spacial score (nSPS) is 10.9. The highest BCUT2D eigenvalue weighted by Crippen LogP contribution is 2.29. The summed E-state index contributed by atoms with van der Waals surface area (Å²) in [6.07, 6.45) is 3.68. The highest BCUT2D eigenvalue weighted by atomic mass is 127. The van der Waals surface area contributed by atoms with Gasteiger partial charge >= 0.3 is 0 Å². The first-order valence-electron chi connectivity index (χ1n) is 6.17. The highest BCUT2D eigenvalue weighted by molar-refractivity contribution is 14.1. The molecule has 0 radical (unpaired) electrons. The van der Waals surface area contributed by atoms with Gasteiger partial charge in [0.05, 0.1) is 10.0 Å². The van der Waals surface area contributed by atoms with Gasteiger partial charge in [0.25, 0.3) is 0 Å². The summed E-state index contributed by atoms with van der Waals surface area (Å²) in [5.41, 5.74) is 2.98. The smallest absolute Gasteiger partial charge is 0.138 e. The molecular weight excluding hydrogens is 420 g/mol. The van der Waals surface area contributed by atoms with Gasteiger partial charge in [-0.15, -0.1) is 0 Å². The van der Waals surface area contributed by atoms with E-state index in [1.165, 1.54) is 0 Å². The van der Waals surface area contributed by atoms with E-state index in [0.717, 1.165) is 26.3 Å². The number of rotatable bonds is 2. The summed E-state index contributed by atoms with van der Waals surface area (Å²) in [6.45, 7) is 1.96. The number of aryl methyl sites for hydroxylation is 1. The molecule has 6 heteroatoms. The number of pyridine rings is 1. The number of nitrogens with zero attached hydrogens (tertiary/aromatic N) is 3. The summed E-state index contributed by atoms with van der Waals surface area (Å²) in [5.74, 6) is 0.825. The van der Waals surface area contributed by atoms with Crippen molar-refractivity contribution in [3.63, 3.8) is 0 Å². The van der Waals surface area contributed by atoms with Crippen LogP contribution in [-0.4, -0.2) is 14.5 Å². The quantitative estimate of drug-likeness (QED) is 0.527. The lowest BCUT2D eigenvalue weighted by Crippen LogP contribution is -1.97. The molecule has 0 aliphatic carbocycles. The maximum atomic E-state index is 6.10. The Morgan fingerprint density at radius 2 is 1.86 bits per heavy atom. The molecule has 0 spiro atoms. The van der Waals surface area contributed by atoms with Crippen molar-refractivity contribution in [1.82, 2.24) is 14.5 Å². The van der Waals surface area contributed by atoms with E-state index < -0.39 is 0 Å². The number of halogens is 3. The molecule has 0 aliphatic heterocycles. The van der Waals surface area contributed by atoms with Gasteiger partial charge in [-0.25, -0.2) is 9.97 Å². The Kier molecular flexibility index (Phi) is 4.19. The van der Waals surface area contributed by atoms with Crippen LogP contribution in [0.3, 0.4) is 0 Å². The van der Waals surface area contributed by atoms with E-state index in [9.17, 15) is 0 Å².